The molecule has 2 aliphatic rings. The van der Waals surface area contributed by atoms with E-state index in [0.29, 0.717) is 12.8 Å². The molecule has 1 fully saturated rings. The van der Waals surface area contributed by atoms with Gasteiger partial charge in [0, 0.05) is 11.8 Å². The number of carbonyl (C=O) groups is 1. The molecule has 0 radical (unpaired) electrons. The number of rotatable bonds is 2. The number of aliphatic hydroxyl groups is 1. The molecule has 1 aliphatic carbocycles. The Hall–Kier alpha value is -1.09. The van der Waals surface area contributed by atoms with Crippen molar-refractivity contribution in [1.29, 1.82) is 0 Å². The third-order valence-electron chi connectivity index (χ3n) is 4.16. The van der Waals surface area contributed by atoms with E-state index in [-0.39, 0.29) is 6.10 Å². The molecule has 0 saturated carbocycles. The van der Waals surface area contributed by atoms with Crippen LogP contribution in [-0.4, -0.2) is 22.8 Å². The van der Waals surface area contributed by atoms with Crippen molar-refractivity contribution in [2.75, 3.05) is 0 Å². The van der Waals surface area contributed by atoms with Crippen molar-refractivity contribution in [1.82, 2.24) is 0 Å². The lowest BCUT2D eigenvalue weighted by atomic mass is 9.62. The van der Waals surface area contributed by atoms with Gasteiger partial charge in [-0.3, -0.25) is 0 Å². The van der Waals surface area contributed by atoms with Gasteiger partial charge in [0.2, 0.25) is 0 Å². The molecule has 88 valence electrons. The molecule has 0 spiro atoms. The highest BCUT2D eigenvalue weighted by atomic mass is 16.6. The van der Waals surface area contributed by atoms with E-state index in [9.17, 15) is 9.90 Å². The number of hydrogen-bond donors (Lipinski definition) is 1. The number of esters is 1. The van der Waals surface area contributed by atoms with Crippen LogP contribution in [-0.2, 0) is 9.53 Å². The summed E-state index contributed by atoms with van der Waals surface area (Å²) < 4.78 is 5.23. The Labute approximate surface area is 95.8 Å². The van der Waals surface area contributed by atoms with Crippen molar-refractivity contribution in [3.63, 3.8) is 0 Å². The van der Waals surface area contributed by atoms with Crippen LogP contribution < -0.4 is 0 Å². The Morgan fingerprint density at radius 1 is 1.62 bits per heavy atom. The highest BCUT2D eigenvalue weighted by molar-refractivity contribution is 5.85. The van der Waals surface area contributed by atoms with Crippen LogP contribution in [0.1, 0.15) is 33.6 Å². The second kappa shape index (κ2) is 3.20. The van der Waals surface area contributed by atoms with E-state index in [1.165, 1.54) is 0 Å². The Morgan fingerprint density at radius 3 is 2.81 bits per heavy atom. The third-order valence-corrected chi connectivity index (χ3v) is 4.16. The average molecular weight is 222 g/mol. The molecule has 1 saturated heterocycles. The third kappa shape index (κ3) is 1.15. The summed E-state index contributed by atoms with van der Waals surface area (Å²) in [5, 5.41) is 10.5. The molecule has 0 unspecified atom stereocenters. The van der Waals surface area contributed by atoms with E-state index < -0.39 is 17.0 Å². The molecule has 2 rings (SSSR count). The van der Waals surface area contributed by atoms with Crippen molar-refractivity contribution in [2.24, 2.45) is 5.41 Å². The summed E-state index contributed by atoms with van der Waals surface area (Å²) >= 11 is 0. The Kier molecular flexibility index (Phi) is 2.28. The lowest BCUT2D eigenvalue weighted by molar-refractivity contribution is -0.161. The summed E-state index contributed by atoms with van der Waals surface area (Å²) in [5.74, 6) is -0.485. The van der Waals surface area contributed by atoms with Gasteiger partial charge in [0.25, 0.3) is 0 Å². The molecule has 1 N–H and O–H groups in total. The van der Waals surface area contributed by atoms with Crippen molar-refractivity contribution >= 4 is 5.97 Å². The standard InChI is InChI=1S/C13H18O3/c1-5-6-9-8(2)10-7-13(15,11(14)16-10)12(9,3)4/h5,10,15H,1,6-7H2,2-4H3/t10-,13+/m0/s1. The van der Waals surface area contributed by atoms with Gasteiger partial charge in [-0.2, -0.15) is 0 Å². The monoisotopic (exact) mass is 222 g/mol. The van der Waals surface area contributed by atoms with Gasteiger partial charge in [-0.15, -0.1) is 6.58 Å². The Balaban J connectivity index is 2.57. The van der Waals surface area contributed by atoms with Crippen molar-refractivity contribution in [3.8, 4) is 0 Å². The van der Waals surface area contributed by atoms with Crippen molar-refractivity contribution in [2.45, 2.75) is 45.3 Å². The predicted octanol–water partition coefficient (Wildman–Crippen LogP) is 1.97. The molecule has 1 heterocycles. The molecular weight excluding hydrogens is 204 g/mol. The van der Waals surface area contributed by atoms with Crippen LogP contribution in [0.15, 0.2) is 23.8 Å². The Morgan fingerprint density at radius 2 is 2.25 bits per heavy atom. The van der Waals surface area contributed by atoms with E-state index >= 15 is 0 Å². The second-order valence-electron chi connectivity index (χ2n) is 5.24. The number of fused-ring (bicyclic) bond motifs is 2. The fourth-order valence-electron chi connectivity index (χ4n) is 2.87. The highest BCUT2D eigenvalue weighted by Crippen LogP contribution is 2.53. The zero-order valence-corrected chi connectivity index (χ0v) is 10.0. The molecule has 0 amide bonds. The molecule has 0 aromatic heterocycles. The quantitative estimate of drug-likeness (QED) is 0.574. The zero-order valence-electron chi connectivity index (χ0n) is 10.0. The minimum absolute atomic E-state index is 0.250. The number of allylic oxidation sites excluding steroid dienone is 1. The second-order valence-corrected chi connectivity index (χ2v) is 5.24. The summed E-state index contributed by atoms with van der Waals surface area (Å²) in [6.07, 6.45) is 2.62. The number of hydrogen-bond acceptors (Lipinski definition) is 3. The van der Waals surface area contributed by atoms with Crippen LogP contribution in [0.4, 0.5) is 0 Å². The fraction of sp³-hybridized carbons (Fsp3) is 0.615. The van der Waals surface area contributed by atoms with Gasteiger partial charge < -0.3 is 9.84 Å². The van der Waals surface area contributed by atoms with Gasteiger partial charge in [-0.1, -0.05) is 25.5 Å². The molecule has 1 aliphatic heterocycles. The van der Waals surface area contributed by atoms with Crippen LogP contribution in [0.5, 0.6) is 0 Å². The smallest absolute Gasteiger partial charge is 0.339 e. The summed E-state index contributed by atoms with van der Waals surface area (Å²) in [6, 6.07) is 0. The average Bonchev–Trinajstić information content (AvgIpc) is 2.49. The first-order valence-electron chi connectivity index (χ1n) is 5.59. The maximum atomic E-state index is 11.8. The van der Waals surface area contributed by atoms with E-state index in [2.05, 4.69) is 6.58 Å². The Bertz CT molecular complexity index is 392. The molecule has 3 nitrogen and oxygen atoms in total. The van der Waals surface area contributed by atoms with Gasteiger partial charge in [-0.25, -0.2) is 4.79 Å². The van der Waals surface area contributed by atoms with Crippen LogP contribution in [0, 0.1) is 5.41 Å². The minimum Gasteiger partial charge on any atom is -0.456 e. The lowest BCUT2D eigenvalue weighted by Gasteiger charge is -2.42. The van der Waals surface area contributed by atoms with Crippen LogP contribution >= 0.6 is 0 Å². The van der Waals surface area contributed by atoms with Gasteiger partial charge in [-0.05, 0) is 18.9 Å². The summed E-state index contributed by atoms with van der Waals surface area (Å²) in [4.78, 5) is 11.8. The zero-order chi connectivity index (χ0) is 12.1. The maximum Gasteiger partial charge on any atom is 0.339 e. The molecule has 0 aromatic carbocycles. The maximum absolute atomic E-state index is 11.8. The van der Waals surface area contributed by atoms with Gasteiger partial charge in [0.1, 0.15) is 6.10 Å². The first kappa shape index (κ1) is 11.4. The summed E-state index contributed by atoms with van der Waals surface area (Å²) in [6.45, 7) is 9.50. The largest absolute Gasteiger partial charge is 0.456 e. The molecule has 16 heavy (non-hydrogen) atoms. The van der Waals surface area contributed by atoms with Gasteiger partial charge in [0.15, 0.2) is 5.60 Å². The van der Waals surface area contributed by atoms with E-state index in [1.807, 2.05) is 20.8 Å². The molecule has 2 atom stereocenters. The van der Waals surface area contributed by atoms with Gasteiger partial charge in [0.05, 0.1) is 0 Å². The van der Waals surface area contributed by atoms with E-state index in [1.54, 1.807) is 6.08 Å². The summed E-state index contributed by atoms with van der Waals surface area (Å²) in [7, 11) is 0. The molecule has 0 aromatic rings. The highest BCUT2D eigenvalue weighted by Gasteiger charge is 2.62. The summed E-state index contributed by atoms with van der Waals surface area (Å²) in [5.41, 5.74) is 0.206. The van der Waals surface area contributed by atoms with Crippen LogP contribution in [0.3, 0.4) is 0 Å². The first-order valence-corrected chi connectivity index (χ1v) is 5.59. The SMILES string of the molecule is C=CCC1=C(C)[C@@H]2C[C@@](O)(C(=O)O2)C1(C)C. The normalized spacial score (nSPS) is 36.2. The minimum atomic E-state index is -1.37. The first-order chi connectivity index (χ1) is 7.34. The predicted molar refractivity (Wildman–Crippen MR) is 60.7 cm³/mol. The molecular formula is C13H18O3. The van der Waals surface area contributed by atoms with E-state index in [4.69, 9.17) is 4.74 Å². The molecule has 2 bridgehead atoms. The van der Waals surface area contributed by atoms with Crippen molar-refractivity contribution < 1.29 is 14.6 Å². The van der Waals surface area contributed by atoms with Crippen LogP contribution in [0.25, 0.3) is 0 Å². The topological polar surface area (TPSA) is 46.5 Å². The lowest BCUT2D eigenvalue weighted by Crippen LogP contribution is -2.51. The fourth-order valence-corrected chi connectivity index (χ4v) is 2.87. The van der Waals surface area contributed by atoms with Crippen LogP contribution in [0.2, 0.25) is 0 Å². The van der Waals surface area contributed by atoms with Crippen molar-refractivity contribution in [3.05, 3.63) is 23.8 Å². The number of ether oxygens (including phenoxy) is 1. The molecule has 3 heteroatoms. The van der Waals surface area contributed by atoms with Gasteiger partial charge >= 0.3 is 5.97 Å². The number of carbonyl (C=O) groups excluding carboxylic acids is 1. The van der Waals surface area contributed by atoms with E-state index in [0.717, 1.165) is 11.1 Å².